The molecule has 0 bridgehead atoms. The molecule has 5 nitrogen and oxygen atoms in total. The van der Waals surface area contributed by atoms with Crippen LogP contribution in [0.5, 0.6) is 5.75 Å². The van der Waals surface area contributed by atoms with Crippen LogP contribution in [0, 0.1) is 6.92 Å². The Balaban J connectivity index is 2.32. The van der Waals surface area contributed by atoms with Gasteiger partial charge in [-0.3, -0.25) is 10.1 Å². The minimum absolute atomic E-state index is 0.165. The molecule has 1 aromatic carbocycles. The summed E-state index contributed by atoms with van der Waals surface area (Å²) < 4.78 is 64.5. The summed E-state index contributed by atoms with van der Waals surface area (Å²) in [5.74, 6) is -6.89. The van der Waals surface area contributed by atoms with Crippen molar-refractivity contribution >= 4 is 11.9 Å². The molecule has 0 aliphatic heterocycles. The molecule has 0 saturated carbocycles. The van der Waals surface area contributed by atoms with Gasteiger partial charge in [0.05, 0.1) is 5.56 Å². The molecule has 0 radical (unpaired) electrons. The van der Waals surface area contributed by atoms with Gasteiger partial charge in [0.15, 0.2) is 0 Å². The molecule has 10 heteroatoms. The van der Waals surface area contributed by atoms with E-state index in [1.165, 1.54) is 25.1 Å². The summed E-state index contributed by atoms with van der Waals surface area (Å²) >= 11 is 0. The zero-order chi connectivity index (χ0) is 18.3. The molecule has 2 rings (SSSR count). The van der Waals surface area contributed by atoms with Crippen molar-refractivity contribution in [3.63, 3.8) is 0 Å². The van der Waals surface area contributed by atoms with E-state index in [0.29, 0.717) is 11.8 Å². The highest BCUT2D eigenvalue weighted by atomic mass is 19.4. The first-order valence-corrected chi connectivity index (χ1v) is 6.53. The molecule has 130 valence electrons. The lowest BCUT2D eigenvalue weighted by Gasteiger charge is -2.16. The van der Waals surface area contributed by atoms with Gasteiger partial charge in [-0.15, -0.1) is 0 Å². The van der Waals surface area contributed by atoms with Gasteiger partial charge in [0.25, 0.3) is 5.91 Å². The fourth-order valence-corrected chi connectivity index (χ4v) is 1.89. The first-order chi connectivity index (χ1) is 10.9. The van der Waals surface area contributed by atoms with Crippen LogP contribution in [-0.2, 0) is 13.0 Å². The van der Waals surface area contributed by atoms with Crippen LogP contribution < -0.4 is 5.32 Å². The van der Waals surface area contributed by atoms with E-state index in [0.717, 1.165) is 11.6 Å². The maximum absolute atomic E-state index is 13.3. The first kappa shape index (κ1) is 17.7. The van der Waals surface area contributed by atoms with Gasteiger partial charge in [0.1, 0.15) is 11.4 Å². The number of amides is 1. The Kier molecular flexibility index (Phi) is 4.25. The number of aromatic hydroxyl groups is 1. The Bertz CT molecular complexity index is 783. The molecule has 0 unspecified atom stereocenters. The predicted molar refractivity (Wildman–Crippen MR) is 74.0 cm³/mol. The van der Waals surface area contributed by atoms with Crippen LogP contribution >= 0.6 is 0 Å². The van der Waals surface area contributed by atoms with Gasteiger partial charge in [-0.1, -0.05) is 12.1 Å². The molecule has 0 aliphatic carbocycles. The summed E-state index contributed by atoms with van der Waals surface area (Å²) in [5.41, 5.74) is -1.31. The van der Waals surface area contributed by atoms with Gasteiger partial charge in [-0.05, 0) is 18.6 Å². The van der Waals surface area contributed by atoms with Gasteiger partial charge in [-0.2, -0.15) is 22.0 Å². The van der Waals surface area contributed by atoms with Crippen molar-refractivity contribution in [1.82, 2.24) is 9.55 Å². The highest BCUT2D eigenvalue weighted by Crippen LogP contribution is 2.43. The summed E-state index contributed by atoms with van der Waals surface area (Å²) in [4.78, 5) is 15.2. The third-order valence-corrected chi connectivity index (χ3v) is 3.26. The average molecular weight is 349 g/mol. The number of carbonyl (C=O) groups excluding carboxylic acids is 1. The standard InChI is InChI=1S/C14H12F5N3O2/c1-7-4-3-5-8(10(7)23)11(24)21-12-20-9(6-22(12)2)13(15,16)14(17,18)19/h3-6,23H,1-2H3,(H,20,21,24). The molecule has 24 heavy (non-hydrogen) atoms. The Labute approximate surface area is 132 Å². The molecule has 0 spiro atoms. The Morgan fingerprint density at radius 2 is 1.88 bits per heavy atom. The number of halogens is 5. The van der Waals surface area contributed by atoms with Gasteiger partial charge in [-0.25, -0.2) is 4.98 Å². The van der Waals surface area contributed by atoms with Gasteiger partial charge < -0.3 is 9.67 Å². The topological polar surface area (TPSA) is 67.2 Å². The maximum atomic E-state index is 13.3. The third kappa shape index (κ3) is 3.03. The molecule has 1 amide bonds. The number of phenolic OH excluding ortho intramolecular Hbond substituents is 1. The second-order valence-electron chi connectivity index (χ2n) is 5.06. The molecule has 0 fully saturated rings. The van der Waals surface area contributed by atoms with Crippen LogP contribution in [0.3, 0.4) is 0 Å². The van der Waals surface area contributed by atoms with Crippen molar-refractivity contribution < 1.29 is 31.9 Å². The zero-order valence-corrected chi connectivity index (χ0v) is 12.4. The Morgan fingerprint density at radius 3 is 2.46 bits per heavy atom. The number of benzene rings is 1. The Morgan fingerprint density at radius 1 is 1.25 bits per heavy atom. The van der Waals surface area contributed by atoms with E-state index < -0.39 is 29.6 Å². The average Bonchev–Trinajstić information content (AvgIpc) is 2.82. The van der Waals surface area contributed by atoms with Crippen LogP contribution in [0.2, 0.25) is 0 Å². The van der Waals surface area contributed by atoms with E-state index in [4.69, 9.17) is 0 Å². The summed E-state index contributed by atoms with van der Waals surface area (Å²) in [5, 5.41) is 11.9. The van der Waals surface area contributed by atoms with Gasteiger partial charge >= 0.3 is 12.1 Å². The van der Waals surface area contributed by atoms with Gasteiger partial charge in [0.2, 0.25) is 5.95 Å². The minimum Gasteiger partial charge on any atom is -0.507 e. The van der Waals surface area contributed by atoms with Crippen LogP contribution in [0.4, 0.5) is 27.9 Å². The number of rotatable bonds is 3. The number of alkyl halides is 5. The van der Waals surface area contributed by atoms with Crippen molar-refractivity contribution in [1.29, 1.82) is 0 Å². The lowest BCUT2D eigenvalue weighted by atomic mass is 10.1. The fourth-order valence-electron chi connectivity index (χ4n) is 1.89. The highest BCUT2D eigenvalue weighted by Gasteiger charge is 2.60. The van der Waals surface area contributed by atoms with E-state index >= 15 is 0 Å². The Hall–Kier alpha value is -2.65. The number of imidazole rings is 1. The van der Waals surface area contributed by atoms with E-state index in [9.17, 15) is 31.9 Å². The number of para-hydroxylation sites is 1. The highest BCUT2D eigenvalue weighted by molar-refractivity contribution is 6.05. The largest absolute Gasteiger partial charge is 0.507 e. The zero-order valence-electron chi connectivity index (χ0n) is 12.4. The van der Waals surface area contributed by atoms with E-state index in [2.05, 4.69) is 10.3 Å². The van der Waals surface area contributed by atoms with E-state index in [1.54, 1.807) is 0 Å². The number of nitrogens with zero attached hydrogens (tertiary/aromatic N) is 2. The number of nitrogens with one attached hydrogen (secondary N) is 1. The minimum atomic E-state index is -5.81. The predicted octanol–water partition coefficient (Wildman–Crippen LogP) is 3.34. The number of aromatic nitrogens is 2. The molecule has 1 heterocycles. The monoisotopic (exact) mass is 349 g/mol. The molecule has 2 N–H and O–H groups in total. The van der Waals surface area contributed by atoms with E-state index in [1.807, 2.05) is 0 Å². The van der Waals surface area contributed by atoms with Crippen LogP contribution in [0.25, 0.3) is 0 Å². The normalized spacial score (nSPS) is 12.3. The molecule has 1 aromatic heterocycles. The summed E-state index contributed by atoms with van der Waals surface area (Å²) in [7, 11) is 1.15. The molecule has 0 atom stereocenters. The summed E-state index contributed by atoms with van der Waals surface area (Å²) in [6.07, 6.45) is -5.34. The van der Waals surface area contributed by atoms with E-state index in [-0.39, 0.29) is 11.3 Å². The quantitative estimate of drug-likeness (QED) is 0.835. The second-order valence-corrected chi connectivity index (χ2v) is 5.06. The smallest absolute Gasteiger partial charge is 0.459 e. The van der Waals surface area contributed by atoms with Crippen LogP contribution in [-0.4, -0.2) is 26.7 Å². The lowest BCUT2D eigenvalue weighted by molar-refractivity contribution is -0.290. The second kappa shape index (κ2) is 5.77. The van der Waals surface area contributed by atoms with Crippen molar-refractivity contribution in [2.45, 2.75) is 19.0 Å². The van der Waals surface area contributed by atoms with Crippen LogP contribution in [0.15, 0.2) is 24.4 Å². The number of anilines is 1. The number of hydrogen-bond acceptors (Lipinski definition) is 3. The van der Waals surface area contributed by atoms with Crippen molar-refractivity contribution in [3.05, 3.63) is 41.2 Å². The number of hydrogen-bond donors (Lipinski definition) is 2. The fraction of sp³-hybridized carbons (Fsp3) is 0.286. The van der Waals surface area contributed by atoms with Crippen molar-refractivity contribution in [3.8, 4) is 5.75 Å². The summed E-state index contributed by atoms with van der Waals surface area (Å²) in [6, 6.07) is 4.28. The molecular weight excluding hydrogens is 337 g/mol. The van der Waals surface area contributed by atoms with Crippen molar-refractivity contribution in [2.75, 3.05) is 5.32 Å². The third-order valence-electron chi connectivity index (χ3n) is 3.26. The molecule has 0 saturated heterocycles. The van der Waals surface area contributed by atoms with Gasteiger partial charge in [0, 0.05) is 13.2 Å². The first-order valence-electron chi connectivity index (χ1n) is 6.53. The SMILES string of the molecule is Cc1cccc(C(=O)Nc2nc(C(F)(F)C(F)(F)F)cn2C)c1O. The van der Waals surface area contributed by atoms with Crippen molar-refractivity contribution in [2.24, 2.45) is 7.05 Å². The number of carbonyl (C=O) groups is 1. The molecule has 2 aromatic rings. The molecular formula is C14H12F5N3O2. The lowest BCUT2D eigenvalue weighted by Crippen LogP contribution is -2.34. The number of phenols is 1. The van der Waals surface area contributed by atoms with Crippen LogP contribution in [0.1, 0.15) is 21.6 Å². The number of aryl methyl sites for hydroxylation is 2. The molecule has 0 aliphatic rings. The summed E-state index contributed by atoms with van der Waals surface area (Å²) in [6.45, 7) is 1.54. The maximum Gasteiger partial charge on any atom is 0.459 e.